The zero-order chi connectivity index (χ0) is 21.8. The van der Waals surface area contributed by atoms with E-state index in [1.165, 1.54) is 25.0 Å². The van der Waals surface area contributed by atoms with Crippen molar-refractivity contribution in [3.63, 3.8) is 0 Å². The number of methoxy groups -OCH3 is 2. The number of hydrogen-bond acceptors (Lipinski definition) is 5. The van der Waals surface area contributed by atoms with E-state index in [9.17, 15) is 9.59 Å². The summed E-state index contributed by atoms with van der Waals surface area (Å²) in [5, 5.41) is 9.77. The molecule has 0 atom stereocenters. The molecule has 0 unspecified atom stereocenters. The van der Waals surface area contributed by atoms with Crippen LogP contribution in [0.2, 0.25) is 0 Å². The number of nitrogens with zero attached hydrogens (tertiary/aromatic N) is 2. The van der Waals surface area contributed by atoms with Gasteiger partial charge in [-0.15, -0.1) is 0 Å². The fraction of sp³-hybridized carbons (Fsp3) is 0.227. The molecule has 0 saturated heterocycles. The summed E-state index contributed by atoms with van der Waals surface area (Å²) in [6, 6.07) is 12.4. The molecule has 8 nitrogen and oxygen atoms in total. The van der Waals surface area contributed by atoms with Crippen LogP contribution in [0.1, 0.15) is 32.1 Å². The summed E-state index contributed by atoms with van der Waals surface area (Å²) in [7, 11) is 4.67. The number of carbonyl (C=O) groups excluding carboxylic acids is 2. The number of amides is 2. The van der Waals surface area contributed by atoms with E-state index in [1.54, 1.807) is 25.2 Å². The average molecular weight is 408 g/mol. The lowest BCUT2D eigenvalue weighted by Gasteiger charge is -2.11. The van der Waals surface area contributed by atoms with Gasteiger partial charge in [0.05, 0.1) is 25.6 Å². The van der Waals surface area contributed by atoms with Gasteiger partial charge >= 0.3 is 0 Å². The van der Waals surface area contributed by atoms with Crippen molar-refractivity contribution in [1.82, 2.24) is 9.78 Å². The molecule has 3 aromatic rings. The van der Waals surface area contributed by atoms with Gasteiger partial charge in [0.25, 0.3) is 11.8 Å². The van der Waals surface area contributed by atoms with Crippen molar-refractivity contribution in [3.8, 4) is 11.5 Å². The molecule has 0 bridgehead atoms. The first-order valence-corrected chi connectivity index (χ1v) is 9.28. The Morgan fingerprint density at radius 1 is 0.833 bits per heavy atom. The molecule has 1 aromatic heterocycles. The van der Waals surface area contributed by atoms with Crippen LogP contribution in [0, 0.1) is 13.8 Å². The van der Waals surface area contributed by atoms with Crippen LogP contribution >= 0.6 is 0 Å². The Kier molecular flexibility index (Phi) is 6.06. The third-order valence-electron chi connectivity index (χ3n) is 4.55. The van der Waals surface area contributed by atoms with E-state index in [2.05, 4.69) is 15.7 Å². The minimum atomic E-state index is -0.443. The van der Waals surface area contributed by atoms with Crippen LogP contribution in [0.15, 0.2) is 42.5 Å². The van der Waals surface area contributed by atoms with E-state index < -0.39 is 11.8 Å². The van der Waals surface area contributed by atoms with Crippen LogP contribution in [0.5, 0.6) is 11.5 Å². The summed E-state index contributed by atoms with van der Waals surface area (Å²) in [6.45, 7) is 3.83. The van der Waals surface area contributed by atoms with Gasteiger partial charge in [-0.3, -0.25) is 14.3 Å². The lowest BCUT2D eigenvalue weighted by atomic mass is 10.2. The van der Waals surface area contributed by atoms with Crippen LogP contribution in [-0.4, -0.2) is 35.8 Å². The Bertz CT molecular complexity index is 1100. The molecule has 0 radical (unpaired) electrons. The number of rotatable bonds is 6. The molecule has 1 heterocycles. The van der Waals surface area contributed by atoms with Crippen molar-refractivity contribution >= 4 is 23.2 Å². The molecule has 0 aliphatic rings. The molecular weight excluding hydrogens is 384 g/mol. The quantitative estimate of drug-likeness (QED) is 0.650. The van der Waals surface area contributed by atoms with Gasteiger partial charge in [-0.1, -0.05) is 12.1 Å². The van der Waals surface area contributed by atoms with Gasteiger partial charge in [-0.25, -0.2) is 0 Å². The van der Waals surface area contributed by atoms with Crippen molar-refractivity contribution in [2.45, 2.75) is 13.8 Å². The van der Waals surface area contributed by atoms with E-state index in [-0.39, 0.29) is 11.4 Å². The molecule has 0 fully saturated rings. The molecule has 3 rings (SSSR count). The van der Waals surface area contributed by atoms with Gasteiger partial charge < -0.3 is 20.1 Å². The average Bonchev–Trinajstić information content (AvgIpc) is 3.10. The summed E-state index contributed by atoms with van der Waals surface area (Å²) in [6.07, 6.45) is 0. The second kappa shape index (κ2) is 8.69. The van der Waals surface area contributed by atoms with Crippen molar-refractivity contribution in [3.05, 3.63) is 65.0 Å². The molecule has 156 valence electrons. The second-order valence-electron chi connectivity index (χ2n) is 6.85. The predicted molar refractivity (Wildman–Crippen MR) is 115 cm³/mol. The Morgan fingerprint density at radius 3 is 1.83 bits per heavy atom. The van der Waals surface area contributed by atoms with Gasteiger partial charge in [0.1, 0.15) is 17.2 Å². The molecule has 2 aromatic carbocycles. The van der Waals surface area contributed by atoms with E-state index in [4.69, 9.17) is 9.47 Å². The molecule has 2 N–H and O–H groups in total. The molecule has 8 heteroatoms. The predicted octanol–water partition coefficient (Wildman–Crippen LogP) is 3.56. The lowest BCUT2D eigenvalue weighted by Crippen LogP contribution is -2.16. The summed E-state index contributed by atoms with van der Waals surface area (Å²) in [5.74, 6) is 0.234. The van der Waals surface area contributed by atoms with Gasteiger partial charge in [0.15, 0.2) is 5.69 Å². The summed E-state index contributed by atoms with van der Waals surface area (Å²) in [4.78, 5) is 25.5. The monoisotopic (exact) mass is 408 g/mol. The maximum atomic E-state index is 12.8. The van der Waals surface area contributed by atoms with E-state index in [0.717, 1.165) is 11.1 Å². The number of aromatic nitrogens is 2. The van der Waals surface area contributed by atoms with Crippen LogP contribution in [0.3, 0.4) is 0 Å². The number of anilines is 2. The Hall–Kier alpha value is -3.81. The minimum absolute atomic E-state index is 0.113. The zero-order valence-electron chi connectivity index (χ0n) is 17.6. The Morgan fingerprint density at radius 2 is 1.33 bits per heavy atom. The largest absolute Gasteiger partial charge is 0.495 e. The summed E-state index contributed by atoms with van der Waals surface area (Å²) >= 11 is 0. The van der Waals surface area contributed by atoms with Crippen LogP contribution in [-0.2, 0) is 7.05 Å². The highest BCUT2D eigenvalue weighted by Gasteiger charge is 2.20. The normalized spacial score (nSPS) is 10.4. The number of ether oxygens (including phenoxy) is 2. The Balaban J connectivity index is 1.81. The van der Waals surface area contributed by atoms with E-state index in [1.807, 2.05) is 32.0 Å². The zero-order valence-corrected chi connectivity index (χ0v) is 17.6. The lowest BCUT2D eigenvalue weighted by molar-refractivity contribution is 0.101. The van der Waals surface area contributed by atoms with Gasteiger partial charge in [-0.2, -0.15) is 5.10 Å². The maximum Gasteiger partial charge on any atom is 0.276 e. The van der Waals surface area contributed by atoms with Crippen LogP contribution in [0.4, 0.5) is 11.4 Å². The fourth-order valence-electron chi connectivity index (χ4n) is 3.00. The third kappa shape index (κ3) is 4.43. The SMILES string of the molecule is COc1ccc(C)cc1NC(=O)c1cc(C(=O)Nc2cc(C)ccc2OC)n(C)n1. The molecule has 0 aliphatic heterocycles. The van der Waals surface area contributed by atoms with Gasteiger partial charge in [-0.05, 0) is 49.2 Å². The number of aryl methyl sites for hydroxylation is 3. The Labute approximate surface area is 174 Å². The second-order valence-corrected chi connectivity index (χ2v) is 6.85. The van der Waals surface area contributed by atoms with Crippen molar-refractivity contribution in [2.75, 3.05) is 24.9 Å². The molecular formula is C22H24N4O4. The smallest absolute Gasteiger partial charge is 0.276 e. The fourth-order valence-corrected chi connectivity index (χ4v) is 3.00. The van der Waals surface area contributed by atoms with Crippen molar-refractivity contribution in [2.24, 2.45) is 7.05 Å². The van der Waals surface area contributed by atoms with E-state index >= 15 is 0 Å². The molecule has 0 saturated carbocycles. The summed E-state index contributed by atoms with van der Waals surface area (Å²) in [5.41, 5.74) is 3.37. The highest BCUT2D eigenvalue weighted by molar-refractivity contribution is 6.08. The number of nitrogens with one attached hydrogen (secondary N) is 2. The molecule has 30 heavy (non-hydrogen) atoms. The van der Waals surface area contributed by atoms with Crippen molar-refractivity contribution in [1.29, 1.82) is 0 Å². The van der Waals surface area contributed by atoms with E-state index in [0.29, 0.717) is 22.9 Å². The van der Waals surface area contributed by atoms with Gasteiger partial charge in [0, 0.05) is 13.1 Å². The number of carbonyl (C=O) groups is 2. The highest BCUT2D eigenvalue weighted by Crippen LogP contribution is 2.27. The number of hydrogen-bond donors (Lipinski definition) is 2. The van der Waals surface area contributed by atoms with Crippen LogP contribution < -0.4 is 20.1 Å². The first-order chi connectivity index (χ1) is 14.3. The van der Waals surface area contributed by atoms with Crippen molar-refractivity contribution < 1.29 is 19.1 Å². The molecule has 2 amide bonds. The highest BCUT2D eigenvalue weighted by atomic mass is 16.5. The van der Waals surface area contributed by atoms with Gasteiger partial charge in [0.2, 0.25) is 0 Å². The maximum absolute atomic E-state index is 12.8. The molecule has 0 spiro atoms. The molecule has 0 aliphatic carbocycles. The van der Waals surface area contributed by atoms with Crippen LogP contribution in [0.25, 0.3) is 0 Å². The summed E-state index contributed by atoms with van der Waals surface area (Å²) < 4.78 is 11.9. The first-order valence-electron chi connectivity index (χ1n) is 9.28. The topological polar surface area (TPSA) is 94.5 Å². The minimum Gasteiger partial charge on any atom is -0.495 e. The standard InChI is InChI=1S/C22H24N4O4/c1-13-6-8-19(29-4)15(10-13)23-21(27)17-12-18(26(3)25-17)22(28)24-16-11-14(2)7-9-20(16)30-5/h6-12H,1-5H3,(H,23,27)(H,24,28). The first kappa shape index (κ1) is 20.9. The number of benzene rings is 2. The third-order valence-corrected chi connectivity index (χ3v) is 4.55.